The Morgan fingerprint density at radius 3 is 2.79 bits per heavy atom. The topological polar surface area (TPSA) is 77.1 Å². The predicted molar refractivity (Wildman–Crippen MR) is 53.5 cm³/mol. The van der Waals surface area contributed by atoms with Gasteiger partial charge in [0.2, 0.25) is 0 Å². The Morgan fingerprint density at radius 1 is 1.57 bits per heavy atom. The van der Waals surface area contributed by atoms with E-state index in [-0.39, 0.29) is 5.15 Å². The molecular weight excluding hydrogens is 271 g/mol. The summed E-state index contributed by atoms with van der Waals surface area (Å²) >= 11 is 8.73. The van der Waals surface area contributed by atoms with Crippen molar-refractivity contribution in [3.63, 3.8) is 0 Å². The molecule has 2 unspecified atom stereocenters. The van der Waals surface area contributed by atoms with E-state index >= 15 is 0 Å². The summed E-state index contributed by atoms with van der Waals surface area (Å²) in [5.74, 6) is 0. The van der Waals surface area contributed by atoms with Crippen LogP contribution in [0.4, 0.5) is 0 Å². The standard InChI is InChI=1S/C8H6BrClN2O2/c9-5-3-12-7(10)1-4(5)8(14)6(13)2-11/h1,3,6,8,13-14H. The Kier molecular flexibility index (Phi) is 3.84. The van der Waals surface area contributed by atoms with E-state index < -0.39 is 12.2 Å². The summed E-state index contributed by atoms with van der Waals surface area (Å²) in [6, 6.07) is 2.92. The van der Waals surface area contributed by atoms with Crippen molar-refractivity contribution in [1.82, 2.24) is 4.98 Å². The van der Waals surface area contributed by atoms with Crippen LogP contribution >= 0.6 is 27.5 Å². The van der Waals surface area contributed by atoms with E-state index in [4.69, 9.17) is 22.0 Å². The summed E-state index contributed by atoms with van der Waals surface area (Å²) in [6.07, 6.45) is -1.38. The number of nitrogens with zero attached hydrogens (tertiary/aromatic N) is 2. The van der Waals surface area contributed by atoms with Crippen LogP contribution in [-0.4, -0.2) is 21.3 Å². The minimum absolute atomic E-state index is 0.187. The fourth-order valence-corrected chi connectivity index (χ4v) is 1.51. The third-order valence-corrected chi connectivity index (χ3v) is 2.47. The molecule has 2 N–H and O–H groups in total. The summed E-state index contributed by atoms with van der Waals surface area (Å²) < 4.78 is 0.490. The van der Waals surface area contributed by atoms with Crippen molar-refractivity contribution < 1.29 is 10.2 Å². The lowest BCUT2D eigenvalue weighted by atomic mass is 10.1. The molecule has 0 aliphatic carbocycles. The molecule has 0 saturated heterocycles. The summed E-state index contributed by atoms with van der Waals surface area (Å²) in [4.78, 5) is 3.75. The molecule has 0 aromatic carbocycles. The molecule has 6 heteroatoms. The molecule has 74 valence electrons. The van der Waals surface area contributed by atoms with Crippen molar-refractivity contribution in [2.24, 2.45) is 0 Å². The van der Waals surface area contributed by atoms with Crippen molar-refractivity contribution in [2.45, 2.75) is 12.2 Å². The minimum atomic E-state index is -1.48. The Bertz CT molecular complexity index is 380. The number of aliphatic hydroxyl groups is 2. The zero-order valence-corrected chi connectivity index (χ0v) is 9.20. The second-order valence-corrected chi connectivity index (χ2v) is 3.79. The number of aromatic nitrogens is 1. The van der Waals surface area contributed by atoms with Crippen LogP contribution in [0.3, 0.4) is 0 Å². The summed E-state index contributed by atoms with van der Waals surface area (Å²) in [5.41, 5.74) is 0.332. The second kappa shape index (κ2) is 4.71. The van der Waals surface area contributed by atoms with Crippen LogP contribution < -0.4 is 0 Å². The van der Waals surface area contributed by atoms with E-state index in [1.807, 2.05) is 0 Å². The zero-order valence-electron chi connectivity index (χ0n) is 6.85. The maximum atomic E-state index is 9.51. The highest BCUT2D eigenvalue weighted by Crippen LogP contribution is 2.26. The van der Waals surface area contributed by atoms with Gasteiger partial charge in [-0.05, 0) is 22.0 Å². The van der Waals surface area contributed by atoms with Crippen LogP contribution in [0.5, 0.6) is 0 Å². The highest BCUT2D eigenvalue weighted by Gasteiger charge is 2.20. The normalized spacial score (nSPS) is 14.5. The minimum Gasteiger partial charge on any atom is -0.385 e. The molecule has 2 atom stereocenters. The van der Waals surface area contributed by atoms with Crippen molar-refractivity contribution in [1.29, 1.82) is 5.26 Å². The molecule has 1 aromatic heterocycles. The van der Waals surface area contributed by atoms with Gasteiger partial charge in [0.05, 0.1) is 6.07 Å². The Hall–Kier alpha value is -0.670. The molecule has 1 rings (SSSR count). The fraction of sp³-hybridized carbons (Fsp3) is 0.250. The highest BCUT2D eigenvalue weighted by atomic mass is 79.9. The first-order chi connectivity index (χ1) is 6.56. The van der Waals surface area contributed by atoms with Crippen molar-refractivity contribution in [3.8, 4) is 6.07 Å². The Balaban J connectivity index is 3.07. The molecule has 0 aliphatic heterocycles. The van der Waals surface area contributed by atoms with Crippen molar-refractivity contribution >= 4 is 27.5 Å². The number of rotatable bonds is 2. The van der Waals surface area contributed by atoms with Gasteiger partial charge in [0.1, 0.15) is 11.3 Å². The predicted octanol–water partition coefficient (Wildman–Crippen LogP) is 1.42. The number of hydrogen-bond acceptors (Lipinski definition) is 4. The van der Waals surface area contributed by atoms with Gasteiger partial charge in [-0.1, -0.05) is 11.6 Å². The number of hydrogen-bond donors (Lipinski definition) is 2. The van der Waals surface area contributed by atoms with Gasteiger partial charge >= 0.3 is 0 Å². The number of aliphatic hydroxyl groups excluding tert-OH is 2. The quantitative estimate of drug-likeness (QED) is 0.633. The van der Waals surface area contributed by atoms with Gasteiger partial charge in [0.15, 0.2) is 6.10 Å². The lowest BCUT2D eigenvalue weighted by Crippen LogP contribution is -2.16. The third kappa shape index (κ3) is 2.42. The Labute approximate surface area is 93.9 Å². The molecule has 1 heterocycles. The van der Waals surface area contributed by atoms with Gasteiger partial charge in [-0.3, -0.25) is 0 Å². The lowest BCUT2D eigenvalue weighted by Gasteiger charge is -2.13. The molecule has 0 aliphatic rings. The average Bonchev–Trinajstić information content (AvgIpc) is 2.19. The molecule has 0 bridgehead atoms. The maximum Gasteiger partial charge on any atom is 0.170 e. The average molecular weight is 278 g/mol. The highest BCUT2D eigenvalue weighted by molar-refractivity contribution is 9.10. The third-order valence-electron chi connectivity index (χ3n) is 1.60. The Morgan fingerprint density at radius 2 is 2.21 bits per heavy atom. The molecule has 0 amide bonds. The summed E-state index contributed by atoms with van der Waals surface area (Å²) in [5, 5.41) is 27.2. The van der Waals surface area contributed by atoms with Gasteiger partial charge in [-0.15, -0.1) is 0 Å². The number of pyridine rings is 1. The van der Waals surface area contributed by atoms with Gasteiger partial charge in [-0.25, -0.2) is 4.98 Å². The second-order valence-electron chi connectivity index (χ2n) is 2.55. The van der Waals surface area contributed by atoms with E-state index in [2.05, 4.69) is 20.9 Å². The van der Waals surface area contributed by atoms with Crippen LogP contribution in [0, 0.1) is 11.3 Å². The SMILES string of the molecule is N#CC(O)C(O)c1cc(Cl)ncc1Br. The lowest BCUT2D eigenvalue weighted by molar-refractivity contribution is 0.0522. The van der Waals surface area contributed by atoms with Crippen LogP contribution in [0.1, 0.15) is 11.7 Å². The van der Waals surface area contributed by atoms with E-state index in [9.17, 15) is 5.11 Å². The van der Waals surface area contributed by atoms with Gasteiger partial charge in [0.25, 0.3) is 0 Å². The van der Waals surface area contributed by atoms with Gasteiger partial charge < -0.3 is 10.2 Å². The molecule has 14 heavy (non-hydrogen) atoms. The molecule has 0 radical (unpaired) electrons. The molecule has 1 aromatic rings. The molecule has 0 fully saturated rings. The first-order valence-electron chi connectivity index (χ1n) is 3.63. The van der Waals surface area contributed by atoms with E-state index in [0.717, 1.165) is 0 Å². The smallest absolute Gasteiger partial charge is 0.170 e. The number of halogens is 2. The zero-order chi connectivity index (χ0) is 10.7. The van der Waals surface area contributed by atoms with Crippen LogP contribution in [0.25, 0.3) is 0 Å². The van der Waals surface area contributed by atoms with Crippen molar-refractivity contribution in [2.75, 3.05) is 0 Å². The summed E-state index contributed by atoms with van der Waals surface area (Å²) in [6.45, 7) is 0. The van der Waals surface area contributed by atoms with Crippen LogP contribution in [-0.2, 0) is 0 Å². The summed E-state index contributed by atoms with van der Waals surface area (Å²) in [7, 11) is 0. The largest absolute Gasteiger partial charge is 0.385 e. The van der Waals surface area contributed by atoms with Gasteiger partial charge in [0, 0.05) is 16.2 Å². The maximum absolute atomic E-state index is 9.51. The first kappa shape index (κ1) is 11.4. The van der Waals surface area contributed by atoms with Gasteiger partial charge in [-0.2, -0.15) is 5.26 Å². The molecule has 0 saturated carbocycles. The van der Waals surface area contributed by atoms with E-state index in [0.29, 0.717) is 10.0 Å². The molecule has 4 nitrogen and oxygen atoms in total. The fourth-order valence-electron chi connectivity index (χ4n) is 0.895. The van der Waals surface area contributed by atoms with Crippen LogP contribution in [0.15, 0.2) is 16.7 Å². The van der Waals surface area contributed by atoms with E-state index in [1.54, 1.807) is 0 Å². The number of nitriles is 1. The van der Waals surface area contributed by atoms with Crippen molar-refractivity contribution in [3.05, 3.63) is 27.5 Å². The molecule has 0 spiro atoms. The van der Waals surface area contributed by atoms with Crippen LogP contribution in [0.2, 0.25) is 5.15 Å². The van der Waals surface area contributed by atoms with E-state index in [1.165, 1.54) is 18.3 Å². The first-order valence-corrected chi connectivity index (χ1v) is 4.80. The molecular formula is C8H6BrClN2O2. The monoisotopic (exact) mass is 276 g/mol.